The number of hydrogen-bond donors (Lipinski definition) is 1. The third-order valence-electron chi connectivity index (χ3n) is 4.39. The SMILES string of the molecule is COc1ccc(C)cc1NC(=O)CSc1nccn2nc(-c3ccccc3)cc12. The van der Waals surface area contributed by atoms with Crippen LogP contribution in [0.4, 0.5) is 5.69 Å². The Morgan fingerprint density at radius 3 is 2.79 bits per heavy atom. The molecular formula is C22H20N4O2S. The van der Waals surface area contributed by atoms with E-state index in [4.69, 9.17) is 4.74 Å². The first-order chi connectivity index (χ1) is 14.1. The second-order valence-electron chi connectivity index (χ2n) is 6.50. The van der Waals surface area contributed by atoms with Crippen molar-refractivity contribution in [2.45, 2.75) is 11.9 Å². The summed E-state index contributed by atoms with van der Waals surface area (Å²) in [5, 5.41) is 8.29. The van der Waals surface area contributed by atoms with Gasteiger partial charge in [-0.1, -0.05) is 48.2 Å². The normalized spacial score (nSPS) is 10.8. The third-order valence-corrected chi connectivity index (χ3v) is 5.39. The van der Waals surface area contributed by atoms with E-state index in [0.29, 0.717) is 11.4 Å². The first-order valence-corrected chi connectivity index (χ1v) is 10.1. The van der Waals surface area contributed by atoms with Crippen LogP contribution in [0.15, 0.2) is 72.0 Å². The smallest absolute Gasteiger partial charge is 0.234 e. The Labute approximate surface area is 172 Å². The number of carbonyl (C=O) groups is 1. The van der Waals surface area contributed by atoms with Gasteiger partial charge in [0, 0.05) is 18.0 Å². The predicted octanol–water partition coefficient (Wildman–Crippen LogP) is 4.44. The molecule has 146 valence electrons. The number of nitrogens with zero attached hydrogens (tertiary/aromatic N) is 3. The van der Waals surface area contributed by atoms with E-state index in [9.17, 15) is 4.79 Å². The van der Waals surface area contributed by atoms with E-state index in [1.54, 1.807) is 17.8 Å². The molecule has 0 bridgehead atoms. The van der Waals surface area contributed by atoms with Gasteiger partial charge in [-0.2, -0.15) is 5.10 Å². The van der Waals surface area contributed by atoms with E-state index in [1.807, 2.05) is 67.7 Å². The quantitative estimate of drug-likeness (QED) is 0.481. The summed E-state index contributed by atoms with van der Waals surface area (Å²) in [4.78, 5) is 16.9. The summed E-state index contributed by atoms with van der Waals surface area (Å²) in [6.45, 7) is 1.97. The molecule has 0 fully saturated rings. The molecular weight excluding hydrogens is 384 g/mol. The van der Waals surface area contributed by atoms with Crippen molar-refractivity contribution in [3.63, 3.8) is 0 Å². The Morgan fingerprint density at radius 2 is 2.00 bits per heavy atom. The second-order valence-corrected chi connectivity index (χ2v) is 7.46. The summed E-state index contributed by atoms with van der Waals surface area (Å²) in [5.74, 6) is 0.748. The number of benzene rings is 2. The van der Waals surface area contributed by atoms with Crippen LogP contribution in [0.2, 0.25) is 0 Å². The Bertz CT molecular complexity index is 1160. The van der Waals surface area contributed by atoms with Crippen molar-refractivity contribution in [1.82, 2.24) is 14.6 Å². The van der Waals surface area contributed by atoms with E-state index in [1.165, 1.54) is 11.8 Å². The zero-order valence-corrected chi connectivity index (χ0v) is 16.9. The molecule has 2 aromatic carbocycles. The number of nitrogens with one attached hydrogen (secondary N) is 1. The number of thioether (sulfide) groups is 1. The molecule has 0 atom stereocenters. The minimum atomic E-state index is -0.120. The second kappa shape index (κ2) is 8.36. The molecule has 6 nitrogen and oxygen atoms in total. The lowest BCUT2D eigenvalue weighted by atomic mass is 10.1. The molecule has 0 saturated carbocycles. The molecule has 7 heteroatoms. The molecule has 0 unspecified atom stereocenters. The van der Waals surface area contributed by atoms with Crippen LogP contribution in [0, 0.1) is 6.92 Å². The van der Waals surface area contributed by atoms with Crippen molar-refractivity contribution in [3.8, 4) is 17.0 Å². The molecule has 0 saturated heterocycles. The lowest BCUT2D eigenvalue weighted by molar-refractivity contribution is -0.113. The van der Waals surface area contributed by atoms with Gasteiger partial charge in [0.05, 0.1) is 29.8 Å². The maximum Gasteiger partial charge on any atom is 0.234 e. The molecule has 29 heavy (non-hydrogen) atoms. The Kier molecular flexibility index (Phi) is 5.48. The van der Waals surface area contributed by atoms with Crippen LogP contribution in [-0.4, -0.2) is 33.4 Å². The average Bonchev–Trinajstić information content (AvgIpc) is 3.18. The zero-order valence-electron chi connectivity index (χ0n) is 16.1. The maximum absolute atomic E-state index is 12.5. The van der Waals surface area contributed by atoms with Crippen molar-refractivity contribution < 1.29 is 9.53 Å². The van der Waals surface area contributed by atoms with Gasteiger partial charge in [-0.25, -0.2) is 9.50 Å². The average molecular weight is 404 g/mol. The summed E-state index contributed by atoms with van der Waals surface area (Å²) < 4.78 is 7.11. The summed E-state index contributed by atoms with van der Waals surface area (Å²) in [6.07, 6.45) is 3.50. The number of aromatic nitrogens is 3. The van der Waals surface area contributed by atoms with Gasteiger partial charge < -0.3 is 10.1 Å². The minimum absolute atomic E-state index is 0.120. The van der Waals surface area contributed by atoms with Crippen molar-refractivity contribution in [2.24, 2.45) is 0 Å². The van der Waals surface area contributed by atoms with Crippen molar-refractivity contribution in [2.75, 3.05) is 18.2 Å². The van der Waals surface area contributed by atoms with Crippen LogP contribution in [0.1, 0.15) is 5.56 Å². The van der Waals surface area contributed by atoms with Gasteiger partial charge in [-0.15, -0.1) is 0 Å². The highest BCUT2D eigenvalue weighted by Gasteiger charge is 2.13. The van der Waals surface area contributed by atoms with Crippen LogP contribution >= 0.6 is 11.8 Å². The Balaban J connectivity index is 1.50. The third kappa shape index (κ3) is 4.25. The minimum Gasteiger partial charge on any atom is -0.495 e. The summed E-state index contributed by atoms with van der Waals surface area (Å²) in [7, 11) is 1.59. The molecule has 4 aromatic rings. The van der Waals surface area contributed by atoms with Crippen LogP contribution < -0.4 is 10.1 Å². The standard InChI is InChI=1S/C22H20N4O2S/c1-15-8-9-20(28-2)18(12-15)24-21(27)14-29-22-19-13-17(16-6-4-3-5-7-16)25-26(19)11-10-23-22/h3-13H,14H2,1-2H3,(H,24,27). The number of hydrogen-bond acceptors (Lipinski definition) is 5. The molecule has 1 amide bonds. The summed E-state index contributed by atoms with van der Waals surface area (Å²) >= 11 is 1.38. The molecule has 0 spiro atoms. The van der Waals surface area contributed by atoms with E-state index in [2.05, 4.69) is 15.4 Å². The number of rotatable bonds is 6. The van der Waals surface area contributed by atoms with Crippen molar-refractivity contribution in [3.05, 3.63) is 72.6 Å². The summed E-state index contributed by atoms with van der Waals surface area (Å²) in [5.41, 5.74) is 4.50. The van der Waals surface area contributed by atoms with Crippen LogP contribution in [-0.2, 0) is 4.79 Å². The first kappa shape index (κ1) is 19.0. The number of amides is 1. The molecule has 0 aliphatic heterocycles. The number of methoxy groups -OCH3 is 1. The van der Waals surface area contributed by atoms with Crippen LogP contribution in [0.25, 0.3) is 16.8 Å². The number of fused-ring (bicyclic) bond motifs is 1. The Morgan fingerprint density at radius 1 is 1.17 bits per heavy atom. The lowest BCUT2D eigenvalue weighted by Crippen LogP contribution is -2.15. The maximum atomic E-state index is 12.5. The molecule has 2 aromatic heterocycles. The number of carbonyl (C=O) groups excluding carboxylic acids is 1. The monoisotopic (exact) mass is 404 g/mol. The fourth-order valence-electron chi connectivity index (χ4n) is 3.00. The largest absolute Gasteiger partial charge is 0.495 e. The highest BCUT2D eigenvalue weighted by atomic mass is 32.2. The van der Waals surface area contributed by atoms with E-state index in [0.717, 1.165) is 27.4 Å². The predicted molar refractivity (Wildman–Crippen MR) is 116 cm³/mol. The van der Waals surface area contributed by atoms with Crippen LogP contribution in [0.5, 0.6) is 5.75 Å². The van der Waals surface area contributed by atoms with E-state index < -0.39 is 0 Å². The van der Waals surface area contributed by atoms with Crippen LogP contribution in [0.3, 0.4) is 0 Å². The van der Waals surface area contributed by atoms with E-state index >= 15 is 0 Å². The highest BCUT2D eigenvalue weighted by Crippen LogP contribution is 2.28. The lowest BCUT2D eigenvalue weighted by Gasteiger charge is -2.11. The van der Waals surface area contributed by atoms with Gasteiger partial charge in [0.15, 0.2) is 0 Å². The molecule has 0 aliphatic carbocycles. The Hall–Kier alpha value is -3.32. The van der Waals surface area contributed by atoms with Crippen molar-refractivity contribution >= 4 is 28.9 Å². The van der Waals surface area contributed by atoms with Gasteiger partial charge in [0.2, 0.25) is 5.91 Å². The molecule has 0 radical (unpaired) electrons. The van der Waals surface area contributed by atoms with Gasteiger partial charge in [-0.3, -0.25) is 4.79 Å². The zero-order chi connectivity index (χ0) is 20.2. The fourth-order valence-corrected chi connectivity index (χ4v) is 3.77. The van der Waals surface area contributed by atoms with Gasteiger partial charge in [0.25, 0.3) is 0 Å². The fraction of sp³-hybridized carbons (Fsp3) is 0.136. The number of aryl methyl sites for hydroxylation is 1. The van der Waals surface area contributed by atoms with Gasteiger partial charge >= 0.3 is 0 Å². The molecule has 1 N–H and O–H groups in total. The van der Waals surface area contributed by atoms with Gasteiger partial charge in [-0.05, 0) is 30.7 Å². The molecule has 0 aliphatic rings. The number of ether oxygens (including phenoxy) is 1. The number of anilines is 1. The highest BCUT2D eigenvalue weighted by molar-refractivity contribution is 8.00. The topological polar surface area (TPSA) is 68.5 Å². The van der Waals surface area contributed by atoms with Crippen molar-refractivity contribution in [1.29, 1.82) is 0 Å². The van der Waals surface area contributed by atoms with Gasteiger partial charge in [0.1, 0.15) is 10.8 Å². The molecule has 2 heterocycles. The van der Waals surface area contributed by atoms with E-state index in [-0.39, 0.29) is 11.7 Å². The summed E-state index contributed by atoms with van der Waals surface area (Å²) in [6, 6.07) is 17.7. The molecule has 4 rings (SSSR count). The first-order valence-electron chi connectivity index (χ1n) is 9.11.